The number of phenolic OH excluding ortho intramolecular Hbond substituents is 1. The fourth-order valence-electron chi connectivity index (χ4n) is 2.13. The van der Waals surface area contributed by atoms with Gasteiger partial charge in [-0.05, 0) is 35.4 Å². The molecule has 1 aromatic heterocycles. The fraction of sp³-hybridized carbons (Fsp3) is 0.0667. The van der Waals surface area contributed by atoms with Crippen molar-refractivity contribution in [1.82, 2.24) is 4.98 Å². The number of aromatic nitrogens is 1. The van der Waals surface area contributed by atoms with E-state index in [1.165, 1.54) is 6.07 Å². The standard InChI is InChI=1S/C15H10N2O2S/c1-20(19)11-6-14-12(15(18)7-11)5-10-4-9(8-16)2-3-13(10)17-14/h2-7,18H,1H3. The zero-order valence-corrected chi connectivity index (χ0v) is 11.4. The number of nitrogens with zero attached hydrogens (tertiary/aromatic N) is 2. The van der Waals surface area contributed by atoms with E-state index < -0.39 is 11.2 Å². The summed E-state index contributed by atoms with van der Waals surface area (Å²) in [5.74, 6) is 0.0458. The molecular formula is C15H10N2O2S. The van der Waals surface area contributed by atoms with Crippen molar-refractivity contribution in [2.75, 3.05) is 6.26 Å². The predicted molar refractivity (Wildman–Crippen MR) is 78.0 cm³/mol. The van der Waals surface area contributed by atoms with Gasteiger partial charge in [-0.2, -0.15) is 5.26 Å². The number of hydrogen-bond acceptors (Lipinski definition) is 4. The van der Waals surface area contributed by atoms with Gasteiger partial charge in [0, 0.05) is 22.9 Å². The second-order valence-electron chi connectivity index (χ2n) is 4.47. The van der Waals surface area contributed by atoms with Crippen molar-refractivity contribution in [3.63, 3.8) is 0 Å². The van der Waals surface area contributed by atoms with E-state index in [1.807, 2.05) is 0 Å². The first-order valence-electron chi connectivity index (χ1n) is 5.89. The van der Waals surface area contributed by atoms with E-state index in [0.29, 0.717) is 21.4 Å². The summed E-state index contributed by atoms with van der Waals surface area (Å²) in [5, 5.41) is 20.3. The summed E-state index contributed by atoms with van der Waals surface area (Å²) in [6, 6.07) is 12.3. The Labute approximate surface area is 118 Å². The lowest BCUT2D eigenvalue weighted by atomic mass is 10.1. The van der Waals surface area contributed by atoms with Crippen molar-refractivity contribution in [2.24, 2.45) is 0 Å². The molecule has 0 saturated carbocycles. The monoisotopic (exact) mass is 282 g/mol. The van der Waals surface area contributed by atoms with Gasteiger partial charge in [0.1, 0.15) is 12.0 Å². The highest BCUT2D eigenvalue weighted by molar-refractivity contribution is 7.90. The molecule has 1 heterocycles. The summed E-state index contributed by atoms with van der Waals surface area (Å²) < 4.78 is 11.5. The molecule has 3 rings (SSSR count). The Morgan fingerprint density at radius 2 is 2.00 bits per heavy atom. The number of hydrogen-bond donors (Lipinski definition) is 1. The van der Waals surface area contributed by atoms with Crippen LogP contribution in [0.5, 0.6) is 5.75 Å². The highest BCUT2D eigenvalue weighted by Gasteiger charge is 2.12. The van der Waals surface area contributed by atoms with Crippen LogP contribution >= 0.6 is 0 Å². The number of nitriles is 1. The van der Waals surface area contributed by atoms with Crippen molar-refractivity contribution in [2.45, 2.75) is 4.90 Å². The first kappa shape index (κ1) is 12.7. The molecule has 5 heteroatoms. The van der Waals surface area contributed by atoms with E-state index in [-0.39, 0.29) is 5.75 Å². The van der Waals surface area contributed by atoms with Gasteiger partial charge in [-0.25, -0.2) is 4.98 Å². The molecule has 4 nitrogen and oxygen atoms in total. The van der Waals surface area contributed by atoms with Crippen LogP contribution < -0.4 is 0 Å². The normalized spacial score (nSPS) is 12.4. The lowest BCUT2D eigenvalue weighted by molar-refractivity contribution is 0.479. The van der Waals surface area contributed by atoms with Crippen LogP contribution in [0.15, 0.2) is 41.3 Å². The van der Waals surface area contributed by atoms with Crippen LogP contribution in [0.1, 0.15) is 5.56 Å². The van der Waals surface area contributed by atoms with Gasteiger partial charge in [-0.1, -0.05) is 0 Å². The number of benzene rings is 2. The van der Waals surface area contributed by atoms with Crippen molar-refractivity contribution >= 4 is 33.0 Å². The molecule has 0 aliphatic rings. The van der Waals surface area contributed by atoms with E-state index >= 15 is 0 Å². The molecule has 0 spiro atoms. The first-order chi connectivity index (χ1) is 9.58. The van der Waals surface area contributed by atoms with Crippen LogP contribution in [0.2, 0.25) is 0 Å². The van der Waals surface area contributed by atoms with Gasteiger partial charge in [0.15, 0.2) is 4.90 Å². The van der Waals surface area contributed by atoms with Crippen molar-refractivity contribution in [1.29, 1.82) is 5.26 Å². The molecule has 2 aromatic carbocycles. The summed E-state index contributed by atoms with van der Waals surface area (Å²) in [6.07, 6.45) is 1.56. The summed E-state index contributed by atoms with van der Waals surface area (Å²) in [5.41, 5.74) is 1.87. The maximum Gasteiger partial charge on any atom is 0.158 e. The Balaban J connectivity index is 2.35. The highest BCUT2D eigenvalue weighted by atomic mass is 32.2. The molecule has 0 fully saturated rings. The van der Waals surface area contributed by atoms with Gasteiger partial charge in [-0.3, -0.25) is 0 Å². The van der Waals surface area contributed by atoms with Crippen LogP contribution in [0.3, 0.4) is 0 Å². The van der Waals surface area contributed by atoms with Gasteiger partial charge in [0.25, 0.3) is 0 Å². The zero-order chi connectivity index (χ0) is 14.3. The summed E-state index contributed by atoms with van der Waals surface area (Å²) in [6.45, 7) is 0. The van der Waals surface area contributed by atoms with Crippen LogP contribution in [0.25, 0.3) is 21.8 Å². The molecule has 1 unspecified atom stereocenters. The van der Waals surface area contributed by atoms with E-state index in [0.717, 1.165) is 10.9 Å². The van der Waals surface area contributed by atoms with E-state index in [2.05, 4.69) is 11.1 Å². The summed E-state index contributed by atoms with van der Waals surface area (Å²) in [4.78, 5) is 4.99. The van der Waals surface area contributed by atoms with Crippen LogP contribution in [-0.2, 0) is 11.2 Å². The van der Waals surface area contributed by atoms with E-state index in [4.69, 9.17) is 5.26 Å². The Morgan fingerprint density at radius 3 is 2.70 bits per heavy atom. The van der Waals surface area contributed by atoms with Gasteiger partial charge in [-0.15, -0.1) is 0 Å². The van der Waals surface area contributed by atoms with Crippen LogP contribution in [0.4, 0.5) is 0 Å². The largest absolute Gasteiger partial charge is 0.612 e. The molecule has 0 aliphatic carbocycles. The van der Waals surface area contributed by atoms with Gasteiger partial charge in [0.2, 0.25) is 0 Å². The van der Waals surface area contributed by atoms with Crippen molar-refractivity contribution < 1.29 is 9.66 Å². The topological polar surface area (TPSA) is 80.0 Å². The molecule has 3 aromatic rings. The third kappa shape index (κ3) is 2.05. The number of rotatable bonds is 1. The quantitative estimate of drug-likeness (QED) is 0.549. The molecule has 0 aliphatic heterocycles. The third-order valence-electron chi connectivity index (χ3n) is 3.14. The molecule has 20 heavy (non-hydrogen) atoms. The van der Waals surface area contributed by atoms with E-state index in [1.54, 1.807) is 36.6 Å². The van der Waals surface area contributed by atoms with E-state index in [9.17, 15) is 9.66 Å². The Morgan fingerprint density at radius 1 is 1.20 bits per heavy atom. The SMILES string of the molecule is C[S+]([O-])c1cc(O)c2cc3cc(C#N)ccc3nc2c1. The average molecular weight is 282 g/mol. The van der Waals surface area contributed by atoms with Crippen LogP contribution in [-0.4, -0.2) is 20.9 Å². The third-order valence-corrected chi connectivity index (χ3v) is 4.04. The number of aromatic hydroxyl groups is 1. The number of phenols is 1. The molecule has 1 N–H and O–H groups in total. The highest BCUT2D eigenvalue weighted by Crippen LogP contribution is 2.30. The van der Waals surface area contributed by atoms with Crippen molar-refractivity contribution in [3.8, 4) is 11.8 Å². The number of fused-ring (bicyclic) bond motifs is 2. The van der Waals surface area contributed by atoms with Gasteiger partial charge < -0.3 is 9.66 Å². The molecule has 0 amide bonds. The maximum absolute atomic E-state index is 11.5. The molecular weight excluding hydrogens is 272 g/mol. The zero-order valence-electron chi connectivity index (χ0n) is 10.6. The smallest absolute Gasteiger partial charge is 0.158 e. The second-order valence-corrected chi connectivity index (χ2v) is 5.85. The minimum Gasteiger partial charge on any atom is -0.612 e. The second kappa shape index (κ2) is 4.67. The number of pyridine rings is 1. The minimum absolute atomic E-state index is 0.0458. The summed E-state index contributed by atoms with van der Waals surface area (Å²) in [7, 11) is 0. The first-order valence-corrected chi connectivity index (χ1v) is 7.45. The molecule has 0 bridgehead atoms. The lowest BCUT2D eigenvalue weighted by Gasteiger charge is -2.08. The Bertz CT molecular complexity index is 869. The minimum atomic E-state index is -1.18. The lowest BCUT2D eigenvalue weighted by Crippen LogP contribution is -1.97. The Hall–Kier alpha value is -2.29. The molecule has 98 valence electrons. The van der Waals surface area contributed by atoms with Crippen molar-refractivity contribution in [3.05, 3.63) is 42.0 Å². The van der Waals surface area contributed by atoms with Gasteiger partial charge >= 0.3 is 0 Å². The maximum atomic E-state index is 11.5. The Kier molecular flexibility index (Phi) is 2.97. The molecule has 1 atom stereocenters. The molecule has 0 radical (unpaired) electrons. The average Bonchev–Trinajstić information content (AvgIpc) is 2.44. The molecule has 0 saturated heterocycles. The summed E-state index contributed by atoms with van der Waals surface area (Å²) >= 11 is -1.18. The predicted octanol–water partition coefficient (Wildman–Crippen LogP) is 2.70. The van der Waals surface area contributed by atoms with Gasteiger partial charge in [0.05, 0.1) is 22.7 Å². The fourth-order valence-corrected chi connectivity index (χ4v) is 2.69. The van der Waals surface area contributed by atoms with Crippen LogP contribution in [0, 0.1) is 11.3 Å².